The van der Waals surface area contributed by atoms with Crippen molar-refractivity contribution < 1.29 is 4.74 Å². The van der Waals surface area contributed by atoms with Crippen LogP contribution in [0.15, 0.2) is 0 Å². The Morgan fingerprint density at radius 2 is 1.94 bits per heavy atom. The van der Waals surface area contributed by atoms with E-state index in [9.17, 15) is 0 Å². The average Bonchev–Trinajstić information content (AvgIpc) is 2.29. The second-order valence-corrected chi connectivity index (χ2v) is 6.01. The summed E-state index contributed by atoms with van der Waals surface area (Å²) >= 11 is 0. The first-order valence-electron chi connectivity index (χ1n) is 6.95. The number of nitrogens with one attached hydrogen (secondary N) is 1. The summed E-state index contributed by atoms with van der Waals surface area (Å²) in [4.78, 5) is 2.41. The van der Waals surface area contributed by atoms with Gasteiger partial charge in [0.2, 0.25) is 0 Å². The average molecular weight is 242 g/mol. The van der Waals surface area contributed by atoms with E-state index in [1.54, 1.807) is 0 Å². The molecule has 1 atom stereocenters. The van der Waals surface area contributed by atoms with E-state index in [1.165, 1.54) is 25.9 Å². The lowest BCUT2D eigenvalue weighted by Gasteiger charge is -2.39. The molecule has 0 radical (unpaired) electrons. The summed E-state index contributed by atoms with van der Waals surface area (Å²) in [5.74, 6) is 0.712. The molecule has 0 aromatic carbocycles. The Kier molecular flexibility index (Phi) is 5.90. The molecule has 1 N–H and O–H groups in total. The summed E-state index contributed by atoms with van der Waals surface area (Å²) in [5.41, 5.74) is 0.0364. The Hall–Kier alpha value is -0.120. The summed E-state index contributed by atoms with van der Waals surface area (Å²) in [7, 11) is 4.21. The Labute approximate surface area is 107 Å². The third-order valence-electron chi connectivity index (χ3n) is 4.22. The van der Waals surface area contributed by atoms with Gasteiger partial charge in [-0.25, -0.2) is 0 Å². The molecule has 1 saturated heterocycles. The molecule has 0 aromatic heterocycles. The molecular formula is C14H30N2O. The summed E-state index contributed by atoms with van der Waals surface area (Å²) in [6.07, 6.45) is 3.63. The van der Waals surface area contributed by atoms with Crippen molar-refractivity contribution in [2.24, 2.45) is 5.92 Å². The van der Waals surface area contributed by atoms with Gasteiger partial charge in [0.05, 0.1) is 5.60 Å². The molecule has 102 valence electrons. The fourth-order valence-electron chi connectivity index (χ4n) is 2.46. The van der Waals surface area contributed by atoms with Crippen LogP contribution in [0.1, 0.15) is 40.0 Å². The third kappa shape index (κ3) is 4.94. The Balaban J connectivity index is 2.29. The van der Waals surface area contributed by atoms with Crippen molar-refractivity contribution in [3.05, 3.63) is 0 Å². The van der Waals surface area contributed by atoms with Gasteiger partial charge in [0.25, 0.3) is 0 Å². The Bertz CT molecular complexity index is 210. The maximum atomic E-state index is 6.12. The fourth-order valence-corrected chi connectivity index (χ4v) is 2.46. The van der Waals surface area contributed by atoms with Crippen LogP contribution in [-0.4, -0.2) is 50.3 Å². The standard InChI is InChI=1S/C14H30N2O/c1-12(15-4)8-11-17-14(2,3)13-6-9-16(5)10-7-13/h12-13,15H,6-11H2,1-5H3. The highest BCUT2D eigenvalue weighted by atomic mass is 16.5. The molecule has 1 heterocycles. The highest BCUT2D eigenvalue weighted by molar-refractivity contribution is 4.84. The van der Waals surface area contributed by atoms with E-state index in [2.05, 4.69) is 38.0 Å². The lowest BCUT2D eigenvalue weighted by Crippen LogP contribution is -2.42. The zero-order valence-electron chi connectivity index (χ0n) is 12.3. The molecule has 3 nitrogen and oxygen atoms in total. The van der Waals surface area contributed by atoms with Crippen LogP contribution in [0.3, 0.4) is 0 Å². The van der Waals surface area contributed by atoms with Crippen LogP contribution in [-0.2, 0) is 4.74 Å². The molecule has 1 aliphatic heterocycles. The van der Waals surface area contributed by atoms with Crippen LogP contribution in [0.25, 0.3) is 0 Å². The van der Waals surface area contributed by atoms with E-state index >= 15 is 0 Å². The summed E-state index contributed by atoms with van der Waals surface area (Å²) in [6, 6.07) is 0.545. The van der Waals surface area contributed by atoms with E-state index in [0.717, 1.165) is 13.0 Å². The maximum Gasteiger partial charge on any atom is 0.0655 e. The Morgan fingerprint density at radius 3 is 2.47 bits per heavy atom. The van der Waals surface area contributed by atoms with Gasteiger partial charge in [-0.3, -0.25) is 0 Å². The van der Waals surface area contributed by atoms with Crippen molar-refractivity contribution >= 4 is 0 Å². The molecule has 0 aromatic rings. The van der Waals surface area contributed by atoms with E-state index in [4.69, 9.17) is 4.74 Å². The monoisotopic (exact) mass is 242 g/mol. The van der Waals surface area contributed by atoms with Crippen LogP contribution >= 0.6 is 0 Å². The number of hydrogen-bond donors (Lipinski definition) is 1. The third-order valence-corrected chi connectivity index (χ3v) is 4.22. The SMILES string of the molecule is CNC(C)CCOC(C)(C)C1CCN(C)CC1. The molecule has 0 bridgehead atoms. The van der Waals surface area contributed by atoms with E-state index in [1.807, 2.05) is 7.05 Å². The van der Waals surface area contributed by atoms with Gasteiger partial charge in [0, 0.05) is 12.6 Å². The molecule has 0 saturated carbocycles. The van der Waals surface area contributed by atoms with Crippen LogP contribution in [0.4, 0.5) is 0 Å². The van der Waals surface area contributed by atoms with Crippen molar-refractivity contribution in [1.29, 1.82) is 0 Å². The van der Waals surface area contributed by atoms with Gasteiger partial charge in [0.15, 0.2) is 0 Å². The molecule has 17 heavy (non-hydrogen) atoms. The minimum Gasteiger partial charge on any atom is -0.375 e. The van der Waals surface area contributed by atoms with Gasteiger partial charge in [0.1, 0.15) is 0 Å². The van der Waals surface area contributed by atoms with Gasteiger partial charge >= 0.3 is 0 Å². The smallest absolute Gasteiger partial charge is 0.0655 e. The molecule has 3 heteroatoms. The normalized spacial score (nSPS) is 21.7. The zero-order chi connectivity index (χ0) is 12.9. The molecule has 0 amide bonds. The summed E-state index contributed by atoms with van der Waals surface area (Å²) in [6.45, 7) is 10.0. The molecular weight excluding hydrogens is 212 g/mol. The molecule has 0 spiro atoms. The quantitative estimate of drug-likeness (QED) is 0.772. The van der Waals surface area contributed by atoms with Gasteiger partial charge in [-0.15, -0.1) is 0 Å². The maximum absolute atomic E-state index is 6.12. The second-order valence-electron chi connectivity index (χ2n) is 6.01. The highest BCUT2D eigenvalue weighted by Crippen LogP contribution is 2.30. The van der Waals surface area contributed by atoms with Crippen molar-refractivity contribution in [2.45, 2.75) is 51.7 Å². The van der Waals surface area contributed by atoms with E-state index < -0.39 is 0 Å². The number of ether oxygens (including phenoxy) is 1. The van der Waals surface area contributed by atoms with Crippen molar-refractivity contribution in [3.63, 3.8) is 0 Å². The molecule has 1 aliphatic rings. The number of hydrogen-bond acceptors (Lipinski definition) is 3. The van der Waals surface area contributed by atoms with Crippen molar-refractivity contribution in [1.82, 2.24) is 10.2 Å². The minimum absolute atomic E-state index is 0.0364. The lowest BCUT2D eigenvalue weighted by molar-refractivity contribution is -0.0768. The minimum atomic E-state index is 0.0364. The topological polar surface area (TPSA) is 24.5 Å². The summed E-state index contributed by atoms with van der Waals surface area (Å²) in [5, 5.41) is 3.25. The van der Waals surface area contributed by atoms with Crippen LogP contribution in [0.5, 0.6) is 0 Å². The number of rotatable bonds is 6. The second kappa shape index (κ2) is 6.72. The summed E-state index contributed by atoms with van der Waals surface area (Å²) < 4.78 is 6.12. The first-order valence-corrected chi connectivity index (χ1v) is 6.95. The van der Waals surface area contributed by atoms with Gasteiger partial charge < -0.3 is 15.0 Å². The van der Waals surface area contributed by atoms with E-state index in [-0.39, 0.29) is 5.60 Å². The van der Waals surface area contributed by atoms with Crippen LogP contribution in [0.2, 0.25) is 0 Å². The number of nitrogens with zero attached hydrogens (tertiary/aromatic N) is 1. The molecule has 1 fully saturated rings. The first-order chi connectivity index (χ1) is 7.95. The lowest BCUT2D eigenvalue weighted by atomic mass is 9.83. The molecule has 0 aliphatic carbocycles. The first kappa shape index (κ1) is 14.9. The molecule has 1 unspecified atom stereocenters. The van der Waals surface area contributed by atoms with Gasteiger partial charge in [-0.05, 0) is 73.1 Å². The van der Waals surface area contributed by atoms with Crippen LogP contribution in [0, 0.1) is 5.92 Å². The zero-order valence-corrected chi connectivity index (χ0v) is 12.3. The predicted octanol–water partition coefficient (Wildman–Crippen LogP) is 2.12. The Morgan fingerprint density at radius 1 is 1.35 bits per heavy atom. The van der Waals surface area contributed by atoms with Crippen molar-refractivity contribution in [2.75, 3.05) is 33.8 Å². The predicted molar refractivity (Wildman–Crippen MR) is 73.4 cm³/mol. The molecule has 1 rings (SSSR count). The largest absolute Gasteiger partial charge is 0.375 e. The number of likely N-dealkylation sites (tertiary alicyclic amines) is 1. The fraction of sp³-hybridized carbons (Fsp3) is 1.00. The van der Waals surface area contributed by atoms with Crippen LogP contribution < -0.4 is 5.32 Å². The van der Waals surface area contributed by atoms with Gasteiger partial charge in [-0.1, -0.05) is 0 Å². The van der Waals surface area contributed by atoms with Crippen molar-refractivity contribution in [3.8, 4) is 0 Å². The van der Waals surface area contributed by atoms with Gasteiger partial charge in [-0.2, -0.15) is 0 Å². The highest BCUT2D eigenvalue weighted by Gasteiger charge is 2.32. The number of piperidine rings is 1. The van der Waals surface area contributed by atoms with E-state index in [0.29, 0.717) is 12.0 Å².